The fourth-order valence-electron chi connectivity index (χ4n) is 1.97. The molecule has 0 spiro atoms. The van der Waals surface area contributed by atoms with Crippen LogP contribution in [-0.4, -0.2) is 59.1 Å². The summed E-state index contributed by atoms with van der Waals surface area (Å²) < 4.78 is 37.1. The lowest BCUT2D eigenvalue weighted by molar-refractivity contribution is -0.120. The molecule has 0 aliphatic carbocycles. The number of nitrogens with zero attached hydrogens (tertiary/aromatic N) is 1. The molecular formula is C15H21BN2O5S. The first-order valence-corrected chi connectivity index (χ1v) is 8.96. The molecule has 0 bridgehead atoms. The van der Waals surface area contributed by atoms with E-state index in [1.807, 2.05) is 0 Å². The summed E-state index contributed by atoms with van der Waals surface area (Å²) in [6.45, 7) is 0. The van der Waals surface area contributed by atoms with Crippen LogP contribution in [0.25, 0.3) is 0 Å². The Morgan fingerprint density at radius 2 is 2.04 bits per heavy atom. The highest BCUT2D eigenvalue weighted by molar-refractivity contribution is 7.91. The summed E-state index contributed by atoms with van der Waals surface area (Å²) in [6.07, 6.45) is -1.26. The number of hydrogen-bond donors (Lipinski definition) is 1. The zero-order chi connectivity index (χ0) is 18.9. The number of ether oxygens (including phenoxy) is 1. The first-order valence-electron chi connectivity index (χ1n) is 8.01. The van der Waals surface area contributed by atoms with Crippen molar-refractivity contribution in [3.63, 3.8) is 0 Å². The van der Waals surface area contributed by atoms with Crippen molar-refractivity contribution in [1.82, 2.24) is 10.1 Å². The molecule has 1 atom stereocenters. The van der Waals surface area contributed by atoms with E-state index in [4.69, 9.17) is 14.1 Å². The van der Waals surface area contributed by atoms with E-state index < -0.39 is 34.8 Å². The number of benzene rings is 1. The summed E-state index contributed by atoms with van der Waals surface area (Å²) in [5.74, 6) is -0.620. The van der Waals surface area contributed by atoms with Crippen molar-refractivity contribution < 1.29 is 24.1 Å². The normalized spacial score (nSPS) is 12.8. The van der Waals surface area contributed by atoms with Gasteiger partial charge in [0, 0.05) is 14.8 Å². The maximum absolute atomic E-state index is 12.5. The van der Waals surface area contributed by atoms with Gasteiger partial charge in [-0.2, -0.15) is 0 Å². The fourth-order valence-corrected chi connectivity index (χ4v) is 3.46. The van der Waals surface area contributed by atoms with Crippen molar-refractivity contribution >= 4 is 29.8 Å². The van der Waals surface area contributed by atoms with Crippen LogP contribution in [0.5, 0.6) is 0 Å². The van der Waals surface area contributed by atoms with Crippen LogP contribution >= 0.6 is 0 Å². The highest BCUT2D eigenvalue weighted by Crippen LogP contribution is 2.16. The minimum atomic E-state index is -3.68. The van der Waals surface area contributed by atoms with Crippen LogP contribution < -0.4 is 5.32 Å². The molecule has 1 aromatic carbocycles. The van der Waals surface area contributed by atoms with Crippen molar-refractivity contribution in [2.24, 2.45) is 0 Å². The quantitative estimate of drug-likeness (QED) is 0.701. The first kappa shape index (κ1) is 18.3. The third-order valence-corrected chi connectivity index (χ3v) is 5.02. The van der Waals surface area contributed by atoms with E-state index in [1.54, 1.807) is 18.2 Å². The SMILES string of the molecule is [2H]CN([B])C(=O)OC(CCCC(=O)NC)CS(=O)(=O)c1ccccc1. The van der Waals surface area contributed by atoms with Gasteiger partial charge in [-0.3, -0.25) is 4.79 Å². The molecular weight excluding hydrogens is 331 g/mol. The molecule has 1 unspecified atom stereocenters. The summed E-state index contributed by atoms with van der Waals surface area (Å²) in [6, 6.07) is 7.80. The minimum absolute atomic E-state index is 0.118. The second-order valence-electron chi connectivity index (χ2n) is 5.14. The second-order valence-corrected chi connectivity index (χ2v) is 7.17. The fraction of sp³-hybridized carbons (Fsp3) is 0.467. The van der Waals surface area contributed by atoms with Crippen molar-refractivity contribution in [3.8, 4) is 0 Å². The van der Waals surface area contributed by atoms with Crippen LogP contribution in [0, 0.1) is 0 Å². The molecule has 7 nitrogen and oxygen atoms in total. The maximum Gasteiger partial charge on any atom is 0.396 e. The van der Waals surface area contributed by atoms with Gasteiger partial charge in [-0.05, 0) is 32.0 Å². The molecule has 0 fully saturated rings. The number of carbonyl (C=O) groups is 2. The molecule has 0 saturated heterocycles. The monoisotopic (exact) mass is 353 g/mol. The van der Waals surface area contributed by atoms with Crippen LogP contribution in [0.1, 0.15) is 20.6 Å². The Morgan fingerprint density at radius 1 is 1.38 bits per heavy atom. The lowest BCUT2D eigenvalue weighted by Gasteiger charge is -2.20. The highest BCUT2D eigenvalue weighted by atomic mass is 32.2. The van der Waals surface area contributed by atoms with Gasteiger partial charge in [-0.1, -0.05) is 18.2 Å². The van der Waals surface area contributed by atoms with Gasteiger partial charge in [-0.25, -0.2) is 13.2 Å². The summed E-state index contributed by atoms with van der Waals surface area (Å²) >= 11 is 0. The molecule has 1 rings (SSSR count). The maximum atomic E-state index is 12.5. The average Bonchev–Trinajstić information content (AvgIpc) is 2.61. The number of sulfone groups is 1. The second kappa shape index (κ2) is 9.31. The van der Waals surface area contributed by atoms with Crippen LogP contribution in [0.4, 0.5) is 4.79 Å². The zero-order valence-corrected chi connectivity index (χ0v) is 14.3. The van der Waals surface area contributed by atoms with E-state index in [2.05, 4.69) is 5.32 Å². The number of nitrogens with one attached hydrogen (secondary N) is 1. The van der Waals surface area contributed by atoms with Gasteiger partial charge in [0.25, 0.3) is 0 Å². The number of hydrogen-bond acceptors (Lipinski definition) is 5. The van der Waals surface area contributed by atoms with Crippen molar-refractivity contribution in [2.75, 3.05) is 19.8 Å². The number of rotatable bonds is 8. The molecule has 2 radical (unpaired) electrons. The topological polar surface area (TPSA) is 92.8 Å². The van der Waals surface area contributed by atoms with E-state index in [1.165, 1.54) is 19.2 Å². The van der Waals surface area contributed by atoms with Crippen LogP contribution in [0.15, 0.2) is 35.2 Å². The molecule has 0 heterocycles. The lowest BCUT2D eigenvalue weighted by atomic mass is 10.1. The van der Waals surface area contributed by atoms with Crippen molar-refractivity contribution in [3.05, 3.63) is 30.3 Å². The number of carbonyl (C=O) groups excluding carboxylic acids is 2. The third kappa shape index (κ3) is 6.61. The van der Waals surface area contributed by atoms with Gasteiger partial charge in [0.1, 0.15) is 6.10 Å². The molecule has 24 heavy (non-hydrogen) atoms. The van der Waals surface area contributed by atoms with E-state index in [0.717, 1.165) is 0 Å². The van der Waals surface area contributed by atoms with Gasteiger partial charge in [0.2, 0.25) is 13.9 Å². The van der Waals surface area contributed by atoms with Gasteiger partial charge in [-0.15, -0.1) is 0 Å². The Balaban J connectivity index is 2.82. The van der Waals surface area contributed by atoms with Crippen LogP contribution in [0.2, 0.25) is 0 Å². The van der Waals surface area contributed by atoms with E-state index in [-0.39, 0.29) is 23.6 Å². The molecule has 9 heteroatoms. The number of amides is 2. The van der Waals surface area contributed by atoms with Crippen molar-refractivity contribution in [2.45, 2.75) is 30.3 Å². The van der Waals surface area contributed by atoms with E-state index in [0.29, 0.717) is 11.2 Å². The summed E-state index contributed by atoms with van der Waals surface area (Å²) in [5, 5.41) is 2.46. The van der Waals surface area contributed by atoms with E-state index in [9.17, 15) is 18.0 Å². The molecule has 0 aliphatic heterocycles. The zero-order valence-electron chi connectivity index (χ0n) is 14.5. The van der Waals surface area contributed by atoms with Gasteiger partial charge in [0.05, 0.1) is 10.6 Å². The molecule has 1 N–H and O–H groups in total. The minimum Gasteiger partial charge on any atom is -0.446 e. The molecule has 0 aromatic heterocycles. The Bertz CT molecular complexity index is 672. The Kier molecular flexibility index (Phi) is 7.11. The highest BCUT2D eigenvalue weighted by Gasteiger charge is 2.24. The predicted octanol–water partition coefficient (Wildman–Crippen LogP) is 0.897. The van der Waals surface area contributed by atoms with E-state index >= 15 is 0 Å². The van der Waals surface area contributed by atoms with Gasteiger partial charge in [0.15, 0.2) is 9.84 Å². The molecule has 130 valence electrons. The van der Waals surface area contributed by atoms with Crippen LogP contribution in [0.3, 0.4) is 0 Å². The van der Waals surface area contributed by atoms with Crippen molar-refractivity contribution in [1.29, 1.82) is 0 Å². The van der Waals surface area contributed by atoms with Gasteiger partial charge >= 0.3 is 6.09 Å². The Hall–Kier alpha value is -2.03. The predicted molar refractivity (Wildman–Crippen MR) is 90.2 cm³/mol. The standard InChI is InChI=1S/C15H21BN2O5S/c1-17-14(19)10-6-7-12(23-15(20)18(2)16)11-24(21,22)13-8-4-3-5-9-13/h3-5,8-9,12H,6-7,10-11H2,1-2H3,(H,17,19)/i2D. The third-order valence-electron chi connectivity index (χ3n) is 3.22. The smallest absolute Gasteiger partial charge is 0.396 e. The van der Waals surface area contributed by atoms with Crippen LogP contribution in [-0.2, 0) is 19.4 Å². The summed E-state index contributed by atoms with van der Waals surface area (Å²) in [5.41, 5.74) is 0. The lowest BCUT2D eigenvalue weighted by Crippen LogP contribution is -2.33. The molecule has 1 aromatic rings. The molecule has 0 saturated carbocycles. The molecule has 2 amide bonds. The van der Waals surface area contributed by atoms with Gasteiger partial charge < -0.3 is 14.9 Å². The Morgan fingerprint density at radius 3 is 2.62 bits per heavy atom. The average molecular weight is 353 g/mol. The molecule has 0 aliphatic rings. The largest absolute Gasteiger partial charge is 0.446 e. The Labute approximate surface area is 145 Å². The first-order chi connectivity index (χ1) is 11.8. The summed E-state index contributed by atoms with van der Waals surface area (Å²) in [4.78, 5) is 23.7. The summed E-state index contributed by atoms with van der Waals surface area (Å²) in [7, 11) is 2.60.